The van der Waals surface area contributed by atoms with Gasteiger partial charge in [0.05, 0.1) is 16.2 Å². The van der Waals surface area contributed by atoms with Crippen LogP contribution in [0, 0.1) is 21.4 Å². The van der Waals surface area contributed by atoms with Crippen LogP contribution in [0.4, 0.5) is 11.5 Å². The molecule has 0 saturated carbocycles. The third kappa shape index (κ3) is 3.42. The third-order valence-electron chi connectivity index (χ3n) is 5.09. The number of aromatic nitrogens is 3. The molecule has 0 unspecified atom stereocenters. The predicted octanol–water partition coefficient (Wildman–Crippen LogP) is 3.64. The Labute approximate surface area is 161 Å². The van der Waals surface area contributed by atoms with Crippen molar-refractivity contribution in [2.75, 3.05) is 18.0 Å². The Morgan fingerprint density at radius 1 is 1.21 bits per heavy atom. The highest BCUT2D eigenvalue weighted by Crippen LogP contribution is 2.32. The van der Waals surface area contributed by atoms with Gasteiger partial charge in [0.25, 0.3) is 5.69 Å². The van der Waals surface area contributed by atoms with Crippen LogP contribution in [-0.4, -0.2) is 33.2 Å². The Bertz CT molecular complexity index is 1050. The van der Waals surface area contributed by atoms with Crippen LogP contribution in [0.3, 0.4) is 0 Å². The molecule has 1 N–H and O–H groups in total. The van der Waals surface area contributed by atoms with Gasteiger partial charge in [-0.15, -0.1) is 0 Å². The van der Waals surface area contributed by atoms with E-state index in [-0.39, 0.29) is 5.69 Å². The van der Waals surface area contributed by atoms with Gasteiger partial charge in [0, 0.05) is 48.6 Å². The molecule has 0 atom stereocenters. The summed E-state index contributed by atoms with van der Waals surface area (Å²) in [7, 11) is 0. The number of hydrogen-bond acceptors (Lipinski definition) is 6. The molecule has 1 aromatic carbocycles. The maximum Gasteiger partial charge on any atom is 0.270 e. The molecule has 0 spiro atoms. The summed E-state index contributed by atoms with van der Waals surface area (Å²) in [6.45, 7) is 1.61. The van der Waals surface area contributed by atoms with Crippen molar-refractivity contribution in [3.63, 3.8) is 0 Å². The number of rotatable bonds is 4. The Hall–Kier alpha value is -3.73. The highest BCUT2D eigenvalue weighted by atomic mass is 16.6. The van der Waals surface area contributed by atoms with Gasteiger partial charge < -0.3 is 4.90 Å². The van der Waals surface area contributed by atoms with Gasteiger partial charge in [-0.1, -0.05) is 12.1 Å². The summed E-state index contributed by atoms with van der Waals surface area (Å²) in [5.41, 5.74) is 3.11. The molecule has 3 aromatic rings. The van der Waals surface area contributed by atoms with E-state index in [0.717, 1.165) is 43.0 Å². The summed E-state index contributed by atoms with van der Waals surface area (Å²) < 4.78 is 0. The van der Waals surface area contributed by atoms with E-state index in [4.69, 9.17) is 0 Å². The van der Waals surface area contributed by atoms with Gasteiger partial charge >= 0.3 is 0 Å². The van der Waals surface area contributed by atoms with Crippen molar-refractivity contribution < 1.29 is 4.92 Å². The Balaban J connectivity index is 1.47. The quantitative estimate of drug-likeness (QED) is 0.551. The number of anilines is 1. The first kappa shape index (κ1) is 17.7. The second kappa shape index (κ2) is 7.48. The van der Waals surface area contributed by atoms with Crippen molar-refractivity contribution >= 4 is 11.5 Å². The van der Waals surface area contributed by atoms with Crippen LogP contribution in [0.25, 0.3) is 11.3 Å². The van der Waals surface area contributed by atoms with Gasteiger partial charge in [0.2, 0.25) is 0 Å². The number of hydrogen-bond donors (Lipinski definition) is 1. The standard InChI is InChI=1S/C20H18N6O2/c21-13-16-4-2-8-22-20(16)25-9-6-14(7-10-25)18-12-19(24-23-18)15-3-1-5-17(11-15)26(27)28/h1-5,8,11-12,14H,6-7,9-10H2,(H,23,24). The lowest BCUT2D eigenvalue weighted by Gasteiger charge is -2.32. The van der Waals surface area contributed by atoms with E-state index >= 15 is 0 Å². The molecule has 0 bridgehead atoms. The largest absolute Gasteiger partial charge is 0.355 e. The smallest absolute Gasteiger partial charge is 0.270 e. The number of nitro benzene ring substituents is 1. The summed E-state index contributed by atoms with van der Waals surface area (Å²) in [4.78, 5) is 17.1. The van der Waals surface area contributed by atoms with E-state index < -0.39 is 4.92 Å². The second-order valence-electron chi connectivity index (χ2n) is 6.76. The molecule has 140 valence electrons. The first-order valence-corrected chi connectivity index (χ1v) is 9.06. The molecule has 4 rings (SSSR count). The molecule has 2 aromatic heterocycles. The molecular formula is C20H18N6O2. The number of benzene rings is 1. The summed E-state index contributed by atoms with van der Waals surface area (Å²) in [6, 6.07) is 14.2. The third-order valence-corrected chi connectivity index (χ3v) is 5.09. The van der Waals surface area contributed by atoms with Gasteiger partial charge in [-0.05, 0) is 31.0 Å². The first-order valence-electron chi connectivity index (χ1n) is 9.06. The van der Waals surface area contributed by atoms with Crippen molar-refractivity contribution in [3.8, 4) is 17.3 Å². The number of piperidine rings is 1. The van der Waals surface area contributed by atoms with E-state index in [1.165, 1.54) is 12.1 Å². The predicted molar refractivity (Wildman–Crippen MR) is 104 cm³/mol. The average molecular weight is 374 g/mol. The van der Waals surface area contributed by atoms with Crippen LogP contribution in [0.2, 0.25) is 0 Å². The summed E-state index contributed by atoms with van der Waals surface area (Å²) in [5.74, 6) is 1.07. The zero-order chi connectivity index (χ0) is 19.5. The minimum absolute atomic E-state index is 0.0546. The Morgan fingerprint density at radius 3 is 2.79 bits per heavy atom. The molecular weight excluding hydrogens is 356 g/mol. The number of nitriles is 1. The second-order valence-corrected chi connectivity index (χ2v) is 6.76. The topological polar surface area (TPSA) is 112 Å². The Morgan fingerprint density at radius 2 is 2.04 bits per heavy atom. The van der Waals surface area contributed by atoms with Crippen molar-refractivity contribution in [1.82, 2.24) is 15.2 Å². The molecule has 8 nitrogen and oxygen atoms in total. The van der Waals surface area contributed by atoms with Gasteiger partial charge in [-0.25, -0.2) is 4.98 Å². The van der Waals surface area contributed by atoms with Crippen LogP contribution >= 0.6 is 0 Å². The Kier molecular flexibility index (Phi) is 4.72. The van der Waals surface area contributed by atoms with Crippen LogP contribution in [0.15, 0.2) is 48.7 Å². The molecule has 0 aliphatic carbocycles. The zero-order valence-corrected chi connectivity index (χ0v) is 15.1. The maximum atomic E-state index is 11.0. The van der Waals surface area contributed by atoms with E-state index in [0.29, 0.717) is 17.2 Å². The zero-order valence-electron chi connectivity index (χ0n) is 15.1. The molecule has 0 amide bonds. The van der Waals surface area contributed by atoms with E-state index in [1.807, 2.05) is 12.1 Å². The fraction of sp³-hybridized carbons (Fsp3) is 0.250. The fourth-order valence-electron chi connectivity index (χ4n) is 3.61. The number of non-ortho nitro benzene ring substituents is 1. The normalized spacial score (nSPS) is 14.6. The van der Waals surface area contributed by atoms with Crippen molar-refractivity contribution in [2.24, 2.45) is 0 Å². The van der Waals surface area contributed by atoms with Crippen LogP contribution < -0.4 is 4.90 Å². The number of nitrogens with zero attached hydrogens (tertiary/aromatic N) is 5. The number of nitro groups is 1. The lowest BCUT2D eigenvalue weighted by atomic mass is 9.93. The molecule has 1 aliphatic rings. The number of H-pyrrole nitrogens is 1. The van der Waals surface area contributed by atoms with Gasteiger partial charge in [0.15, 0.2) is 0 Å². The summed E-state index contributed by atoms with van der Waals surface area (Å²) in [6.07, 6.45) is 3.54. The van der Waals surface area contributed by atoms with Crippen LogP contribution in [-0.2, 0) is 0 Å². The van der Waals surface area contributed by atoms with E-state index in [2.05, 4.69) is 26.2 Å². The fourth-order valence-corrected chi connectivity index (χ4v) is 3.61. The maximum absolute atomic E-state index is 11.0. The van der Waals surface area contributed by atoms with Crippen molar-refractivity contribution in [1.29, 1.82) is 5.26 Å². The molecule has 1 fully saturated rings. The lowest BCUT2D eigenvalue weighted by Crippen LogP contribution is -2.34. The molecule has 3 heterocycles. The minimum atomic E-state index is -0.403. The van der Waals surface area contributed by atoms with Crippen molar-refractivity contribution in [2.45, 2.75) is 18.8 Å². The molecule has 28 heavy (non-hydrogen) atoms. The van der Waals surface area contributed by atoms with Gasteiger partial charge in [0.1, 0.15) is 11.9 Å². The highest BCUT2D eigenvalue weighted by molar-refractivity contribution is 5.63. The van der Waals surface area contributed by atoms with Gasteiger partial charge in [-0.3, -0.25) is 15.2 Å². The van der Waals surface area contributed by atoms with Crippen molar-refractivity contribution in [3.05, 3.63) is 70.0 Å². The summed E-state index contributed by atoms with van der Waals surface area (Å²) >= 11 is 0. The lowest BCUT2D eigenvalue weighted by molar-refractivity contribution is -0.384. The SMILES string of the molecule is N#Cc1cccnc1N1CCC(c2cc(-c3cccc([N+](=O)[O-])c3)n[nH]2)CC1. The average Bonchev–Trinajstić information content (AvgIpc) is 3.24. The first-order chi connectivity index (χ1) is 13.7. The number of nitrogens with one attached hydrogen (secondary N) is 1. The molecule has 0 radical (unpaired) electrons. The van der Waals surface area contributed by atoms with Crippen LogP contribution in [0.1, 0.15) is 30.0 Å². The highest BCUT2D eigenvalue weighted by Gasteiger charge is 2.24. The molecule has 1 saturated heterocycles. The number of pyridine rings is 1. The van der Waals surface area contributed by atoms with E-state index in [1.54, 1.807) is 24.4 Å². The summed E-state index contributed by atoms with van der Waals surface area (Å²) in [5, 5.41) is 27.7. The number of aromatic amines is 1. The van der Waals surface area contributed by atoms with Crippen LogP contribution in [0.5, 0.6) is 0 Å². The van der Waals surface area contributed by atoms with Gasteiger partial charge in [-0.2, -0.15) is 10.4 Å². The molecule has 1 aliphatic heterocycles. The van der Waals surface area contributed by atoms with E-state index in [9.17, 15) is 15.4 Å². The molecule has 8 heteroatoms. The minimum Gasteiger partial charge on any atom is -0.355 e. The monoisotopic (exact) mass is 374 g/mol.